The molecule has 0 spiro atoms. The average Bonchev–Trinajstić information content (AvgIpc) is 1.82. The van der Waals surface area contributed by atoms with Crippen LogP contribution in [0.15, 0.2) is 17.2 Å². The lowest BCUT2D eigenvalue weighted by atomic mass is 10.5. The Labute approximate surface area is 92.6 Å². The summed E-state index contributed by atoms with van der Waals surface area (Å²) >= 11 is 7.36. The molecule has 0 bridgehead atoms. The van der Waals surface area contributed by atoms with Crippen molar-refractivity contribution in [1.82, 2.24) is 4.98 Å². The number of aromatic nitrogens is 1. The topological polar surface area (TPSA) is 47.0 Å². The average molecular weight is 338 g/mol. The predicted molar refractivity (Wildman–Crippen MR) is 55.0 cm³/mol. The van der Waals surface area contributed by atoms with Gasteiger partial charge in [0.05, 0.1) is 5.02 Å². The van der Waals surface area contributed by atoms with E-state index < -0.39 is 9.05 Å². The smallest absolute Gasteiger partial charge is 0.249 e. The maximum atomic E-state index is 10.9. The first-order valence-electron chi connectivity index (χ1n) is 2.67. The summed E-state index contributed by atoms with van der Waals surface area (Å²) in [4.78, 5) is 3.61. The van der Waals surface area contributed by atoms with Crippen LogP contribution in [0.25, 0.3) is 0 Å². The van der Waals surface area contributed by atoms with E-state index in [9.17, 15) is 8.42 Å². The third-order valence-corrected chi connectivity index (χ3v) is 4.03. The molecule has 66 valence electrons. The second kappa shape index (κ2) is 3.65. The van der Waals surface area contributed by atoms with Gasteiger partial charge in [-0.1, -0.05) is 11.6 Å². The van der Waals surface area contributed by atoms with Gasteiger partial charge in [0, 0.05) is 16.9 Å². The molecule has 1 heterocycles. The van der Waals surface area contributed by atoms with Gasteiger partial charge in [0.2, 0.25) is 0 Å². The fourth-order valence-electron chi connectivity index (χ4n) is 0.618. The van der Waals surface area contributed by atoms with Crippen molar-refractivity contribution >= 4 is 53.9 Å². The molecule has 0 saturated heterocycles. The quantitative estimate of drug-likeness (QED) is 0.448. The Bertz CT molecular complexity index is 386. The largest absolute Gasteiger partial charge is 0.265 e. The van der Waals surface area contributed by atoms with Gasteiger partial charge in [0.25, 0.3) is 9.05 Å². The lowest BCUT2D eigenvalue weighted by molar-refractivity contribution is 0.608. The summed E-state index contributed by atoms with van der Waals surface area (Å²) in [5, 5.41) is 0.0874. The van der Waals surface area contributed by atoms with Crippen molar-refractivity contribution in [3.63, 3.8) is 0 Å². The minimum absolute atomic E-state index is 0.0874. The highest BCUT2D eigenvalue weighted by Gasteiger charge is 2.18. The van der Waals surface area contributed by atoms with Crippen molar-refractivity contribution in [1.29, 1.82) is 0 Å². The van der Waals surface area contributed by atoms with Crippen LogP contribution >= 0.6 is 44.9 Å². The minimum Gasteiger partial charge on any atom is -0.249 e. The van der Waals surface area contributed by atoms with Crippen LogP contribution in [-0.4, -0.2) is 13.4 Å². The summed E-state index contributed by atoms with van der Waals surface area (Å²) in [7, 11) is 1.32. The fraction of sp³-hybridized carbons (Fsp3) is 0. The zero-order valence-corrected chi connectivity index (χ0v) is 9.95. The molecule has 0 amide bonds. The van der Waals surface area contributed by atoms with Crippen LogP contribution in [0, 0.1) is 3.70 Å². The number of hydrogen-bond acceptors (Lipinski definition) is 3. The summed E-state index contributed by atoms with van der Waals surface area (Å²) in [6, 6.07) is 1.37. The lowest BCUT2D eigenvalue weighted by Crippen LogP contribution is -1.97. The van der Waals surface area contributed by atoms with Crippen molar-refractivity contribution in [3.05, 3.63) is 21.0 Å². The molecule has 0 saturated carbocycles. The van der Waals surface area contributed by atoms with E-state index in [1.165, 1.54) is 12.3 Å². The molecule has 0 aliphatic rings. The molecule has 3 nitrogen and oxygen atoms in total. The molecule has 0 aliphatic heterocycles. The van der Waals surface area contributed by atoms with Gasteiger partial charge in [-0.2, -0.15) is 0 Å². The molecule has 1 aromatic heterocycles. The third-order valence-electron chi connectivity index (χ3n) is 1.06. The Morgan fingerprint density at radius 2 is 2.08 bits per heavy atom. The Kier molecular flexibility index (Phi) is 3.19. The van der Waals surface area contributed by atoms with Gasteiger partial charge in [-0.05, 0) is 28.7 Å². The summed E-state index contributed by atoms with van der Waals surface area (Å²) in [6.07, 6.45) is 1.41. The van der Waals surface area contributed by atoms with E-state index in [4.69, 9.17) is 22.3 Å². The number of nitrogens with zero attached hydrogens (tertiary/aromatic N) is 1. The van der Waals surface area contributed by atoms with Crippen LogP contribution in [-0.2, 0) is 9.05 Å². The van der Waals surface area contributed by atoms with Gasteiger partial charge in [0.1, 0.15) is 8.60 Å². The lowest BCUT2D eigenvalue weighted by Gasteiger charge is -2.00. The van der Waals surface area contributed by atoms with E-state index in [0.29, 0.717) is 0 Å². The van der Waals surface area contributed by atoms with E-state index >= 15 is 0 Å². The SMILES string of the molecule is O=S(=O)(Cl)c1c(Cl)ccnc1I. The van der Waals surface area contributed by atoms with Gasteiger partial charge < -0.3 is 0 Å². The molecule has 0 radical (unpaired) electrons. The van der Waals surface area contributed by atoms with Crippen LogP contribution in [0.3, 0.4) is 0 Å². The summed E-state index contributed by atoms with van der Waals surface area (Å²) in [5.41, 5.74) is 0. The number of hydrogen-bond donors (Lipinski definition) is 0. The third kappa shape index (κ3) is 2.21. The molecule has 0 aromatic carbocycles. The molecule has 1 rings (SSSR count). The number of halogens is 3. The molecule has 0 unspecified atom stereocenters. The Morgan fingerprint density at radius 3 is 2.42 bits per heavy atom. The highest BCUT2D eigenvalue weighted by molar-refractivity contribution is 14.1. The van der Waals surface area contributed by atoms with Crippen molar-refractivity contribution in [2.45, 2.75) is 4.90 Å². The molecule has 1 aromatic rings. The first kappa shape index (κ1) is 10.5. The van der Waals surface area contributed by atoms with Crippen LogP contribution in [0.2, 0.25) is 5.02 Å². The standard InChI is InChI=1S/C5H2Cl2INO2S/c6-3-1-2-9-5(8)4(3)12(7,10)11/h1-2H. The zero-order valence-electron chi connectivity index (χ0n) is 5.46. The zero-order chi connectivity index (χ0) is 9.35. The van der Waals surface area contributed by atoms with Gasteiger partial charge in [-0.25, -0.2) is 13.4 Å². The molecular formula is C5H2Cl2INO2S. The van der Waals surface area contributed by atoms with Gasteiger partial charge in [0.15, 0.2) is 0 Å². The highest BCUT2D eigenvalue weighted by Crippen LogP contribution is 2.27. The number of rotatable bonds is 1. The van der Waals surface area contributed by atoms with E-state index in [0.717, 1.165) is 0 Å². The van der Waals surface area contributed by atoms with Crippen molar-refractivity contribution in [2.24, 2.45) is 0 Å². The fourth-order valence-corrected chi connectivity index (χ4v) is 4.08. The van der Waals surface area contributed by atoms with Gasteiger partial charge in [-0.3, -0.25) is 0 Å². The first-order valence-corrected chi connectivity index (χ1v) is 6.44. The predicted octanol–water partition coefficient (Wildman–Crippen LogP) is 2.27. The summed E-state index contributed by atoms with van der Waals surface area (Å²) < 4.78 is 22.1. The molecule has 0 atom stereocenters. The maximum absolute atomic E-state index is 10.9. The maximum Gasteiger partial charge on any atom is 0.265 e. The van der Waals surface area contributed by atoms with Crippen molar-refractivity contribution < 1.29 is 8.42 Å². The van der Waals surface area contributed by atoms with Crippen molar-refractivity contribution in [3.8, 4) is 0 Å². The van der Waals surface area contributed by atoms with Crippen LogP contribution in [0.5, 0.6) is 0 Å². The second-order valence-electron chi connectivity index (χ2n) is 1.85. The normalized spacial score (nSPS) is 11.6. The van der Waals surface area contributed by atoms with Gasteiger partial charge >= 0.3 is 0 Å². The molecule has 0 aliphatic carbocycles. The first-order chi connectivity index (χ1) is 5.43. The summed E-state index contributed by atoms with van der Waals surface area (Å²) in [5.74, 6) is 0. The molecule has 0 N–H and O–H groups in total. The monoisotopic (exact) mass is 337 g/mol. The van der Waals surface area contributed by atoms with E-state index in [1.807, 2.05) is 0 Å². The molecule has 0 fully saturated rings. The van der Waals surface area contributed by atoms with Crippen molar-refractivity contribution in [2.75, 3.05) is 0 Å². The Balaban J connectivity index is 3.53. The number of pyridine rings is 1. The Hall–Kier alpha value is 0.410. The summed E-state index contributed by atoms with van der Waals surface area (Å²) in [6.45, 7) is 0. The molecular weight excluding hydrogens is 336 g/mol. The Morgan fingerprint density at radius 1 is 1.50 bits per heavy atom. The minimum atomic E-state index is -3.79. The van der Waals surface area contributed by atoms with Crippen LogP contribution in [0.1, 0.15) is 0 Å². The molecule has 7 heteroatoms. The van der Waals surface area contributed by atoms with Crippen LogP contribution < -0.4 is 0 Å². The van der Waals surface area contributed by atoms with E-state index in [-0.39, 0.29) is 13.6 Å². The van der Waals surface area contributed by atoms with E-state index in [2.05, 4.69) is 4.98 Å². The van der Waals surface area contributed by atoms with Gasteiger partial charge in [-0.15, -0.1) is 0 Å². The van der Waals surface area contributed by atoms with E-state index in [1.54, 1.807) is 22.6 Å². The van der Waals surface area contributed by atoms with Crippen LogP contribution in [0.4, 0.5) is 0 Å². The highest BCUT2D eigenvalue weighted by atomic mass is 127. The second-order valence-corrected chi connectivity index (χ2v) is 5.78. The molecule has 12 heavy (non-hydrogen) atoms.